The van der Waals surface area contributed by atoms with Crippen molar-refractivity contribution in [3.05, 3.63) is 30.2 Å². The Hall–Kier alpha value is -2.57. The van der Waals surface area contributed by atoms with Crippen LogP contribution in [0.15, 0.2) is 28.9 Å². The summed E-state index contributed by atoms with van der Waals surface area (Å²) >= 11 is 0. The molecule has 1 aromatic rings. The molecule has 2 amide bonds. The second kappa shape index (κ2) is 10.2. The minimum absolute atomic E-state index is 0.105. The van der Waals surface area contributed by atoms with Crippen LogP contribution in [0, 0.1) is 0 Å². The molecule has 0 aliphatic heterocycles. The van der Waals surface area contributed by atoms with Crippen molar-refractivity contribution in [1.29, 1.82) is 0 Å². The maximum Gasteiger partial charge on any atom is 0.307 e. The van der Waals surface area contributed by atoms with Crippen molar-refractivity contribution in [2.75, 3.05) is 26.2 Å². The highest BCUT2D eigenvalue weighted by Gasteiger charge is 2.13. The van der Waals surface area contributed by atoms with Gasteiger partial charge in [0.2, 0.25) is 11.8 Å². The molecule has 1 aromatic heterocycles. The third-order valence-electron chi connectivity index (χ3n) is 2.89. The number of nitrogens with zero attached hydrogens (tertiary/aromatic N) is 1. The molecule has 0 saturated heterocycles. The van der Waals surface area contributed by atoms with Crippen molar-refractivity contribution in [2.24, 2.45) is 0 Å². The lowest BCUT2D eigenvalue weighted by molar-refractivity contribution is -0.143. The number of nitrogens with one attached hydrogen (secondary N) is 1. The minimum Gasteiger partial charge on any atom is -0.466 e. The molecule has 0 aliphatic rings. The molecule has 0 radical (unpaired) electrons. The lowest BCUT2D eigenvalue weighted by Crippen LogP contribution is -2.38. The molecule has 126 valence electrons. The van der Waals surface area contributed by atoms with E-state index in [1.54, 1.807) is 25.1 Å². The molecule has 0 aromatic carbocycles. The van der Waals surface area contributed by atoms with E-state index in [0.717, 1.165) is 0 Å². The van der Waals surface area contributed by atoms with E-state index < -0.39 is 0 Å². The minimum atomic E-state index is -0.361. The second-order valence-electron chi connectivity index (χ2n) is 4.71. The van der Waals surface area contributed by atoms with Crippen LogP contribution in [-0.4, -0.2) is 48.9 Å². The van der Waals surface area contributed by atoms with Crippen LogP contribution in [0.25, 0.3) is 6.08 Å². The van der Waals surface area contributed by atoms with Crippen LogP contribution in [0.3, 0.4) is 0 Å². The summed E-state index contributed by atoms with van der Waals surface area (Å²) in [5.74, 6) is -0.240. The van der Waals surface area contributed by atoms with Gasteiger partial charge in [0.25, 0.3) is 0 Å². The molecule has 0 atom stereocenters. The highest BCUT2D eigenvalue weighted by molar-refractivity contribution is 5.91. The molecular weight excluding hydrogens is 300 g/mol. The quantitative estimate of drug-likeness (QED) is 0.545. The maximum atomic E-state index is 12.2. The van der Waals surface area contributed by atoms with Crippen LogP contribution in [0.4, 0.5) is 0 Å². The average molecular weight is 322 g/mol. The van der Waals surface area contributed by atoms with Gasteiger partial charge in [-0.15, -0.1) is 0 Å². The molecule has 7 nitrogen and oxygen atoms in total. The van der Waals surface area contributed by atoms with E-state index in [1.165, 1.54) is 24.2 Å². The number of amides is 2. The summed E-state index contributed by atoms with van der Waals surface area (Å²) < 4.78 is 9.97. The van der Waals surface area contributed by atoms with Crippen LogP contribution in [-0.2, 0) is 19.1 Å². The molecule has 0 aliphatic carbocycles. The van der Waals surface area contributed by atoms with Gasteiger partial charge in [-0.25, -0.2) is 0 Å². The lowest BCUT2D eigenvalue weighted by Gasteiger charge is -2.20. The van der Waals surface area contributed by atoms with Gasteiger partial charge in [-0.2, -0.15) is 0 Å². The van der Waals surface area contributed by atoms with Crippen LogP contribution in [0.5, 0.6) is 0 Å². The Kier molecular flexibility index (Phi) is 8.20. The number of carbonyl (C=O) groups is 3. The van der Waals surface area contributed by atoms with Gasteiger partial charge in [0.1, 0.15) is 5.76 Å². The highest BCUT2D eigenvalue weighted by Crippen LogP contribution is 2.04. The fraction of sp³-hybridized carbons (Fsp3) is 0.438. The highest BCUT2D eigenvalue weighted by atomic mass is 16.5. The first-order chi connectivity index (χ1) is 11.0. The number of hydrogen-bond acceptors (Lipinski definition) is 5. The van der Waals surface area contributed by atoms with E-state index in [9.17, 15) is 14.4 Å². The number of esters is 1. The summed E-state index contributed by atoms with van der Waals surface area (Å²) in [6.07, 6.45) is 4.55. The number of rotatable bonds is 9. The van der Waals surface area contributed by atoms with E-state index in [-0.39, 0.29) is 30.7 Å². The number of carbonyl (C=O) groups excluding carboxylic acids is 3. The van der Waals surface area contributed by atoms with Gasteiger partial charge in [0.15, 0.2) is 0 Å². The zero-order valence-corrected chi connectivity index (χ0v) is 13.4. The average Bonchev–Trinajstić information content (AvgIpc) is 3.01. The smallest absolute Gasteiger partial charge is 0.307 e. The molecule has 23 heavy (non-hydrogen) atoms. The van der Waals surface area contributed by atoms with Crippen molar-refractivity contribution in [2.45, 2.75) is 20.3 Å². The van der Waals surface area contributed by atoms with Crippen molar-refractivity contribution in [3.63, 3.8) is 0 Å². The van der Waals surface area contributed by atoms with Gasteiger partial charge in [-0.3, -0.25) is 14.4 Å². The van der Waals surface area contributed by atoms with E-state index in [2.05, 4.69) is 5.32 Å². The Morgan fingerprint density at radius 3 is 2.74 bits per heavy atom. The molecule has 1 heterocycles. The molecule has 0 unspecified atom stereocenters. The molecule has 7 heteroatoms. The van der Waals surface area contributed by atoms with E-state index in [1.807, 2.05) is 0 Å². The zero-order valence-electron chi connectivity index (χ0n) is 13.4. The van der Waals surface area contributed by atoms with Crippen molar-refractivity contribution in [3.8, 4) is 0 Å². The Morgan fingerprint density at radius 1 is 1.35 bits per heavy atom. The van der Waals surface area contributed by atoms with Gasteiger partial charge in [-0.05, 0) is 25.1 Å². The summed E-state index contributed by atoms with van der Waals surface area (Å²) in [6.45, 7) is 4.28. The lowest BCUT2D eigenvalue weighted by atomic mass is 10.3. The Bertz CT molecular complexity index is 537. The van der Waals surface area contributed by atoms with Gasteiger partial charge in [0, 0.05) is 32.6 Å². The van der Waals surface area contributed by atoms with Crippen molar-refractivity contribution in [1.82, 2.24) is 10.2 Å². The van der Waals surface area contributed by atoms with Crippen LogP contribution in [0.2, 0.25) is 0 Å². The molecule has 1 rings (SSSR count). The van der Waals surface area contributed by atoms with E-state index in [0.29, 0.717) is 25.5 Å². The van der Waals surface area contributed by atoms with E-state index in [4.69, 9.17) is 9.15 Å². The summed E-state index contributed by atoms with van der Waals surface area (Å²) in [5, 5.41) is 2.62. The van der Waals surface area contributed by atoms with Crippen LogP contribution < -0.4 is 5.32 Å². The van der Waals surface area contributed by atoms with Crippen molar-refractivity contribution < 1.29 is 23.5 Å². The predicted octanol–water partition coefficient (Wildman–Crippen LogP) is 1.21. The second-order valence-corrected chi connectivity index (χ2v) is 4.71. The predicted molar refractivity (Wildman–Crippen MR) is 84.3 cm³/mol. The summed E-state index contributed by atoms with van der Waals surface area (Å²) in [5.41, 5.74) is 0. The normalized spacial score (nSPS) is 10.5. The van der Waals surface area contributed by atoms with Crippen molar-refractivity contribution >= 4 is 23.9 Å². The monoisotopic (exact) mass is 322 g/mol. The first kappa shape index (κ1) is 18.5. The molecular formula is C16H22N2O5. The summed E-state index contributed by atoms with van der Waals surface area (Å²) in [4.78, 5) is 36.0. The maximum absolute atomic E-state index is 12.2. The first-order valence-electron chi connectivity index (χ1n) is 7.43. The summed E-state index contributed by atoms with van der Waals surface area (Å²) in [6, 6.07) is 3.45. The largest absolute Gasteiger partial charge is 0.466 e. The Morgan fingerprint density at radius 2 is 2.13 bits per heavy atom. The van der Waals surface area contributed by atoms with E-state index >= 15 is 0 Å². The van der Waals surface area contributed by atoms with Gasteiger partial charge >= 0.3 is 5.97 Å². The molecule has 1 N–H and O–H groups in total. The van der Waals surface area contributed by atoms with Gasteiger partial charge in [-0.1, -0.05) is 0 Å². The Balaban J connectivity index is 2.58. The first-order valence-corrected chi connectivity index (χ1v) is 7.43. The van der Waals surface area contributed by atoms with Gasteiger partial charge < -0.3 is 19.4 Å². The number of furan rings is 1. The number of hydrogen-bond donors (Lipinski definition) is 1. The summed E-state index contributed by atoms with van der Waals surface area (Å²) in [7, 11) is 0. The molecule has 0 bridgehead atoms. The van der Waals surface area contributed by atoms with Gasteiger partial charge in [0.05, 0.1) is 19.3 Å². The number of ether oxygens (including phenoxy) is 1. The van der Waals surface area contributed by atoms with Crippen LogP contribution >= 0.6 is 0 Å². The fourth-order valence-electron chi connectivity index (χ4n) is 1.80. The van der Waals surface area contributed by atoms with Crippen LogP contribution in [0.1, 0.15) is 26.0 Å². The standard InChI is InChI=1S/C16H22N2O5/c1-3-22-16(21)8-10-18(11-9-17-13(2)19)15(20)7-6-14-5-4-12-23-14/h4-7,12H,3,8-11H2,1-2H3,(H,17,19)/b7-6+. The third-order valence-corrected chi connectivity index (χ3v) is 2.89. The zero-order chi connectivity index (χ0) is 17.1. The molecule has 0 fully saturated rings. The fourth-order valence-corrected chi connectivity index (χ4v) is 1.80. The Labute approximate surface area is 135 Å². The topological polar surface area (TPSA) is 88.9 Å². The SMILES string of the molecule is CCOC(=O)CCN(CCNC(C)=O)C(=O)/C=C/c1ccco1. The molecule has 0 spiro atoms. The third kappa shape index (κ3) is 7.85. The molecule has 0 saturated carbocycles.